The number of hydrogen-bond acceptors (Lipinski definition) is 5. The number of fused-ring (bicyclic) bond motifs is 1. The lowest BCUT2D eigenvalue weighted by Crippen LogP contribution is -2.48. The van der Waals surface area contributed by atoms with E-state index in [1.165, 1.54) is 14.0 Å². The molecule has 1 aromatic heterocycles. The molecule has 2 heterocycles. The molecule has 0 saturated heterocycles. The first kappa shape index (κ1) is 17.0. The number of benzene rings is 1. The number of rotatable bonds is 4. The number of nitrogens with zero attached hydrogens (tertiary/aromatic N) is 3. The quantitative estimate of drug-likeness (QED) is 0.784. The van der Waals surface area contributed by atoms with E-state index in [1.54, 1.807) is 18.3 Å². The third-order valence-corrected chi connectivity index (χ3v) is 4.51. The molecule has 0 saturated carbocycles. The van der Waals surface area contributed by atoms with Crippen LogP contribution in [-0.4, -0.2) is 46.6 Å². The van der Waals surface area contributed by atoms with E-state index in [4.69, 9.17) is 9.47 Å². The Bertz CT molecular complexity index is 782. The summed E-state index contributed by atoms with van der Waals surface area (Å²) < 4.78 is 12.0. The number of methoxy groups -OCH3 is 2. The summed E-state index contributed by atoms with van der Waals surface area (Å²) in [4.78, 5) is 29.9. The van der Waals surface area contributed by atoms with Gasteiger partial charge in [0.1, 0.15) is 11.8 Å². The average molecular weight is 343 g/mol. The van der Waals surface area contributed by atoms with E-state index in [1.807, 2.05) is 28.8 Å². The van der Waals surface area contributed by atoms with Gasteiger partial charge in [0.25, 0.3) is 0 Å². The Hall–Kier alpha value is -2.83. The number of hydrogen-bond donors (Lipinski definition) is 0. The normalized spacial score (nSPS) is 16.3. The van der Waals surface area contributed by atoms with E-state index in [9.17, 15) is 9.59 Å². The Kier molecular flexibility index (Phi) is 4.74. The molecule has 1 aliphatic heterocycles. The Labute approximate surface area is 146 Å². The first-order valence-corrected chi connectivity index (χ1v) is 8.04. The van der Waals surface area contributed by atoms with E-state index in [2.05, 4.69) is 4.98 Å². The molecule has 0 unspecified atom stereocenters. The lowest BCUT2D eigenvalue weighted by atomic mass is 10.0. The van der Waals surface area contributed by atoms with Crippen LogP contribution in [0.4, 0.5) is 0 Å². The van der Waals surface area contributed by atoms with Crippen molar-refractivity contribution in [2.24, 2.45) is 0 Å². The summed E-state index contributed by atoms with van der Waals surface area (Å²) in [6.07, 6.45) is 2.13. The highest BCUT2D eigenvalue weighted by molar-refractivity contribution is 5.84. The molecule has 132 valence electrons. The van der Waals surface area contributed by atoms with Crippen LogP contribution in [0.5, 0.6) is 5.75 Å². The van der Waals surface area contributed by atoms with Gasteiger partial charge >= 0.3 is 5.97 Å². The van der Waals surface area contributed by atoms with Crippen LogP contribution in [0.3, 0.4) is 0 Å². The summed E-state index contributed by atoms with van der Waals surface area (Å²) in [5.41, 5.74) is 2.89. The fraction of sp³-hybridized carbons (Fsp3) is 0.389. The van der Waals surface area contributed by atoms with Gasteiger partial charge in [-0.1, -0.05) is 12.1 Å². The van der Waals surface area contributed by atoms with Crippen molar-refractivity contribution in [1.29, 1.82) is 0 Å². The summed E-state index contributed by atoms with van der Waals surface area (Å²) in [6.45, 7) is 2.45. The predicted molar refractivity (Wildman–Crippen MR) is 90.1 cm³/mol. The molecule has 25 heavy (non-hydrogen) atoms. The molecule has 0 spiro atoms. The molecule has 1 atom stereocenters. The van der Waals surface area contributed by atoms with Crippen LogP contribution < -0.4 is 4.74 Å². The molecule has 1 aliphatic rings. The smallest absolute Gasteiger partial charge is 0.329 e. The van der Waals surface area contributed by atoms with Gasteiger partial charge in [-0.3, -0.25) is 4.79 Å². The molecular weight excluding hydrogens is 322 g/mol. The summed E-state index contributed by atoms with van der Waals surface area (Å²) in [7, 11) is 2.97. The molecule has 0 aliphatic carbocycles. The molecule has 2 aromatic rings. The maximum atomic E-state index is 12.0. The van der Waals surface area contributed by atoms with Gasteiger partial charge in [0.05, 0.1) is 38.5 Å². The summed E-state index contributed by atoms with van der Waals surface area (Å²) in [5.74, 6) is 0.240. The first-order chi connectivity index (χ1) is 12.0. The number of carbonyl (C=O) groups excluding carboxylic acids is 2. The van der Waals surface area contributed by atoms with Crippen molar-refractivity contribution in [2.75, 3.05) is 14.2 Å². The first-order valence-electron chi connectivity index (χ1n) is 8.04. The number of esters is 1. The maximum Gasteiger partial charge on any atom is 0.329 e. The fourth-order valence-corrected chi connectivity index (χ4v) is 3.11. The fourth-order valence-electron chi connectivity index (χ4n) is 3.11. The highest BCUT2D eigenvalue weighted by Crippen LogP contribution is 2.24. The third-order valence-electron chi connectivity index (χ3n) is 4.51. The van der Waals surface area contributed by atoms with Crippen molar-refractivity contribution in [1.82, 2.24) is 14.5 Å². The molecule has 7 nitrogen and oxygen atoms in total. The van der Waals surface area contributed by atoms with Gasteiger partial charge < -0.3 is 18.9 Å². The summed E-state index contributed by atoms with van der Waals surface area (Å²) >= 11 is 0. The predicted octanol–water partition coefficient (Wildman–Crippen LogP) is 1.39. The number of imidazole rings is 1. The minimum atomic E-state index is -0.612. The van der Waals surface area contributed by atoms with Crippen molar-refractivity contribution >= 4 is 11.9 Å². The van der Waals surface area contributed by atoms with Crippen LogP contribution in [0.1, 0.15) is 23.9 Å². The molecular formula is C18H21N3O4. The minimum absolute atomic E-state index is 0.154. The lowest BCUT2D eigenvalue weighted by Gasteiger charge is -2.33. The van der Waals surface area contributed by atoms with Gasteiger partial charge in [0, 0.05) is 19.9 Å². The van der Waals surface area contributed by atoms with E-state index in [0.29, 0.717) is 19.5 Å². The number of aromatic nitrogens is 2. The standard InChI is InChI=1S/C18H21N3O4/c1-12(22)21-10-17-15(8-16(21)18(23)25-3)19-11-20(17)9-13-4-6-14(24-2)7-5-13/h4-7,11,16H,8-10H2,1-3H3/t16-/m0/s1. The van der Waals surface area contributed by atoms with Crippen molar-refractivity contribution in [2.45, 2.75) is 32.5 Å². The minimum Gasteiger partial charge on any atom is -0.497 e. The number of amides is 1. The number of carbonyl (C=O) groups is 2. The Balaban J connectivity index is 1.85. The molecule has 0 radical (unpaired) electrons. The highest BCUT2D eigenvalue weighted by Gasteiger charge is 2.36. The molecule has 3 rings (SSSR count). The van der Waals surface area contributed by atoms with Crippen molar-refractivity contribution in [3.63, 3.8) is 0 Å². The maximum absolute atomic E-state index is 12.0. The second kappa shape index (κ2) is 6.96. The second-order valence-electron chi connectivity index (χ2n) is 6.00. The number of ether oxygens (including phenoxy) is 2. The Morgan fingerprint density at radius 2 is 1.96 bits per heavy atom. The van der Waals surface area contributed by atoms with Crippen LogP contribution in [-0.2, 0) is 33.8 Å². The van der Waals surface area contributed by atoms with Gasteiger partial charge in [-0.05, 0) is 17.7 Å². The molecule has 0 bridgehead atoms. The lowest BCUT2D eigenvalue weighted by molar-refractivity contribution is -0.153. The molecule has 1 amide bonds. The van der Waals surface area contributed by atoms with Crippen molar-refractivity contribution in [3.8, 4) is 5.75 Å². The molecule has 1 aromatic carbocycles. The van der Waals surface area contributed by atoms with E-state index < -0.39 is 12.0 Å². The van der Waals surface area contributed by atoms with Crippen LogP contribution in [0.2, 0.25) is 0 Å². The van der Waals surface area contributed by atoms with Crippen LogP contribution >= 0.6 is 0 Å². The zero-order valence-corrected chi connectivity index (χ0v) is 14.6. The Morgan fingerprint density at radius 1 is 1.24 bits per heavy atom. The van der Waals surface area contributed by atoms with Crippen LogP contribution in [0, 0.1) is 0 Å². The largest absolute Gasteiger partial charge is 0.497 e. The highest BCUT2D eigenvalue weighted by atomic mass is 16.5. The molecule has 7 heteroatoms. The van der Waals surface area contributed by atoms with Gasteiger partial charge in [-0.2, -0.15) is 0 Å². The third kappa shape index (κ3) is 3.35. The zero-order chi connectivity index (χ0) is 18.0. The zero-order valence-electron chi connectivity index (χ0n) is 14.6. The second-order valence-corrected chi connectivity index (χ2v) is 6.00. The van der Waals surface area contributed by atoms with Gasteiger partial charge in [0.2, 0.25) is 5.91 Å². The topological polar surface area (TPSA) is 73.7 Å². The van der Waals surface area contributed by atoms with Crippen molar-refractivity contribution in [3.05, 3.63) is 47.5 Å². The van der Waals surface area contributed by atoms with Gasteiger partial charge in [0.15, 0.2) is 0 Å². The average Bonchev–Trinajstić information content (AvgIpc) is 3.02. The molecule has 0 fully saturated rings. The molecule has 0 N–H and O–H groups in total. The van der Waals surface area contributed by atoms with Gasteiger partial charge in [-0.25, -0.2) is 9.78 Å². The van der Waals surface area contributed by atoms with E-state index >= 15 is 0 Å². The summed E-state index contributed by atoms with van der Waals surface area (Å²) in [5, 5.41) is 0. The van der Waals surface area contributed by atoms with Crippen molar-refractivity contribution < 1.29 is 19.1 Å². The van der Waals surface area contributed by atoms with Crippen LogP contribution in [0.15, 0.2) is 30.6 Å². The SMILES string of the molecule is COC(=O)[C@@H]1Cc2ncn(Cc3ccc(OC)cc3)c2CN1C(C)=O. The van der Waals surface area contributed by atoms with Gasteiger partial charge in [-0.15, -0.1) is 0 Å². The monoisotopic (exact) mass is 343 g/mol. The van der Waals surface area contributed by atoms with Crippen LogP contribution in [0.25, 0.3) is 0 Å². The Morgan fingerprint density at radius 3 is 2.56 bits per heavy atom. The summed E-state index contributed by atoms with van der Waals surface area (Å²) in [6, 6.07) is 7.20. The van der Waals surface area contributed by atoms with E-state index in [-0.39, 0.29) is 5.91 Å². The van der Waals surface area contributed by atoms with E-state index in [0.717, 1.165) is 22.7 Å².